The predicted molar refractivity (Wildman–Crippen MR) is 75.4 cm³/mol. The Balaban J connectivity index is 2.85. The molecular formula is C13H22N4O2. The lowest BCUT2D eigenvalue weighted by Gasteiger charge is -2.13. The fraction of sp³-hybridized carbons (Fsp3) is 0.615. The monoisotopic (exact) mass is 266 g/mol. The lowest BCUT2D eigenvalue weighted by atomic mass is 10.2. The van der Waals surface area contributed by atoms with Gasteiger partial charge < -0.3 is 15.4 Å². The molecule has 106 valence electrons. The first-order chi connectivity index (χ1) is 9.12. The highest BCUT2D eigenvalue weighted by molar-refractivity contribution is 5.75. The number of nitrogens with one attached hydrogen (secondary N) is 2. The summed E-state index contributed by atoms with van der Waals surface area (Å²) in [5.41, 5.74) is 0.895. The van der Waals surface area contributed by atoms with Crippen LogP contribution in [-0.4, -0.2) is 36.1 Å². The van der Waals surface area contributed by atoms with Gasteiger partial charge in [-0.2, -0.15) is 0 Å². The van der Waals surface area contributed by atoms with E-state index in [1.54, 1.807) is 6.92 Å². The molecule has 1 heterocycles. The minimum absolute atomic E-state index is 0.112. The van der Waals surface area contributed by atoms with E-state index < -0.39 is 0 Å². The van der Waals surface area contributed by atoms with Crippen LogP contribution in [0.25, 0.3) is 0 Å². The van der Waals surface area contributed by atoms with Gasteiger partial charge in [0.05, 0.1) is 6.61 Å². The first-order valence-electron chi connectivity index (χ1n) is 6.57. The fourth-order valence-electron chi connectivity index (χ4n) is 1.68. The van der Waals surface area contributed by atoms with Gasteiger partial charge in [-0.25, -0.2) is 9.97 Å². The zero-order chi connectivity index (χ0) is 14.3. The fourth-order valence-corrected chi connectivity index (χ4v) is 1.68. The number of ether oxygens (including phenoxy) is 1. The molecule has 1 aromatic heterocycles. The number of carbonyl (C=O) groups is 1. The summed E-state index contributed by atoms with van der Waals surface area (Å²) in [7, 11) is 1.82. The van der Waals surface area contributed by atoms with E-state index in [9.17, 15) is 4.79 Å². The van der Waals surface area contributed by atoms with E-state index in [4.69, 9.17) is 4.74 Å². The minimum atomic E-state index is -0.288. The maximum Gasteiger partial charge on any atom is 0.325 e. The highest BCUT2D eigenvalue weighted by Gasteiger charge is 2.11. The van der Waals surface area contributed by atoms with Crippen molar-refractivity contribution in [3.8, 4) is 0 Å². The van der Waals surface area contributed by atoms with Crippen LogP contribution in [0.2, 0.25) is 0 Å². The minimum Gasteiger partial charge on any atom is -0.465 e. The Hall–Kier alpha value is -1.85. The lowest BCUT2D eigenvalue weighted by Crippen LogP contribution is -2.19. The molecule has 19 heavy (non-hydrogen) atoms. The number of esters is 1. The lowest BCUT2D eigenvalue weighted by molar-refractivity contribution is -0.140. The van der Waals surface area contributed by atoms with Crippen LogP contribution in [0.15, 0.2) is 0 Å². The van der Waals surface area contributed by atoms with Gasteiger partial charge in [0.2, 0.25) is 0 Å². The van der Waals surface area contributed by atoms with E-state index in [0.717, 1.165) is 30.0 Å². The van der Waals surface area contributed by atoms with Gasteiger partial charge in [-0.15, -0.1) is 0 Å². The average Bonchev–Trinajstić information content (AvgIpc) is 2.39. The average molecular weight is 266 g/mol. The number of nitrogens with zero attached hydrogens (tertiary/aromatic N) is 2. The quantitative estimate of drug-likeness (QED) is 0.732. The topological polar surface area (TPSA) is 76.1 Å². The smallest absolute Gasteiger partial charge is 0.325 e. The normalized spacial score (nSPS) is 10.1. The number of aromatic nitrogens is 2. The van der Waals surface area contributed by atoms with Gasteiger partial charge >= 0.3 is 5.97 Å². The molecule has 0 amide bonds. The first-order valence-corrected chi connectivity index (χ1v) is 6.57. The molecule has 0 spiro atoms. The van der Waals surface area contributed by atoms with E-state index in [1.807, 2.05) is 14.0 Å². The van der Waals surface area contributed by atoms with Crippen LogP contribution in [0.1, 0.15) is 31.7 Å². The SMILES string of the molecule is CCCc1nc(NC)c(C)c(NCC(=O)OCC)n1. The molecule has 0 aliphatic rings. The van der Waals surface area contributed by atoms with Crippen LogP contribution >= 0.6 is 0 Å². The summed E-state index contributed by atoms with van der Waals surface area (Å²) in [6.45, 7) is 6.27. The van der Waals surface area contributed by atoms with Gasteiger partial charge in [0, 0.05) is 19.0 Å². The maximum atomic E-state index is 11.3. The van der Waals surface area contributed by atoms with Crippen molar-refractivity contribution in [1.29, 1.82) is 0 Å². The van der Waals surface area contributed by atoms with E-state index in [1.165, 1.54) is 0 Å². The third kappa shape index (κ3) is 4.39. The van der Waals surface area contributed by atoms with Gasteiger partial charge in [-0.3, -0.25) is 4.79 Å². The molecule has 0 aromatic carbocycles. The van der Waals surface area contributed by atoms with Crippen LogP contribution in [0.3, 0.4) is 0 Å². The Morgan fingerprint density at radius 1 is 1.26 bits per heavy atom. The molecule has 0 saturated heterocycles. The van der Waals surface area contributed by atoms with Gasteiger partial charge in [-0.1, -0.05) is 6.92 Å². The van der Waals surface area contributed by atoms with E-state index >= 15 is 0 Å². The number of hydrogen-bond acceptors (Lipinski definition) is 6. The van der Waals surface area contributed by atoms with Gasteiger partial charge in [-0.05, 0) is 20.3 Å². The molecule has 2 N–H and O–H groups in total. The van der Waals surface area contributed by atoms with E-state index in [2.05, 4.69) is 27.5 Å². The highest BCUT2D eigenvalue weighted by Crippen LogP contribution is 2.19. The number of carbonyl (C=O) groups excluding carboxylic acids is 1. The second-order valence-corrected chi connectivity index (χ2v) is 4.12. The molecule has 6 heteroatoms. The number of rotatable bonds is 7. The van der Waals surface area contributed by atoms with Crippen molar-refractivity contribution in [2.75, 3.05) is 30.8 Å². The maximum absolute atomic E-state index is 11.3. The zero-order valence-electron chi connectivity index (χ0n) is 12.0. The molecular weight excluding hydrogens is 244 g/mol. The van der Waals surface area contributed by atoms with Crippen molar-refractivity contribution in [3.63, 3.8) is 0 Å². The van der Waals surface area contributed by atoms with Crippen molar-refractivity contribution in [2.24, 2.45) is 0 Å². The van der Waals surface area contributed by atoms with Crippen molar-refractivity contribution >= 4 is 17.6 Å². The van der Waals surface area contributed by atoms with Gasteiger partial charge in [0.1, 0.15) is 24.0 Å². The highest BCUT2D eigenvalue weighted by atomic mass is 16.5. The molecule has 0 fully saturated rings. The third-order valence-corrected chi connectivity index (χ3v) is 2.61. The van der Waals surface area contributed by atoms with Crippen LogP contribution in [0.4, 0.5) is 11.6 Å². The summed E-state index contributed by atoms with van der Waals surface area (Å²) in [5, 5.41) is 6.05. The summed E-state index contributed by atoms with van der Waals surface area (Å²) in [5.74, 6) is 1.94. The third-order valence-electron chi connectivity index (χ3n) is 2.61. The summed E-state index contributed by atoms with van der Waals surface area (Å²) < 4.78 is 4.88. The van der Waals surface area contributed by atoms with Gasteiger partial charge in [0.15, 0.2) is 0 Å². The summed E-state index contributed by atoms with van der Waals surface area (Å²) in [4.78, 5) is 20.2. The second kappa shape index (κ2) is 7.56. The van der Waals surface area contributed by atoms with Crippen LogP contribution in [0.5, 0.6) is 0 Å². The molecule has 0 radical (unpaired) electrons. The molecule has 1 aromatic rings. The number of aryl methyl sites for hydroxylation is 1. The van der Waals surface area contributed by atoms with Crippen LogP contribution < -0.4 is 10.6 Å². The standard InChI is InChI=1S/C13H22N4O2/c1-5-7-10-16-12(14-4)9(3)13(17-10)15-8-11(18)19-6-2/h5-8H2,1-4H3,(H2,14,15,16,17). The van der Waals surface area contributed by atoms with Crippen LogP contribution in [-0.2, 0) is 16.0 Å². The van der Waals surface area contributed by atoms with E-state index in [-0.39, 0.29) is 12.5 Å². The Labute approximate surface area is 114 Å². The van der Waals surface area contributed by atoms with Crippen LogP contribution in [0, 0.1) is 6.92 Å². The Kier molecular flexibility index (Phi) is 6.05. The van der Waals surface area contributed by atoms with Crippen molar-refractivity contribution in [1.82, 2.24) is 9.97 Å². The summed E-state index contributed by atoms with van der Waals surface area (Å²) in [6.07, 6.45) is 1.78. The molecule has 0 saturated carbocycles. The van der Waals surface area contributed by atoms with E-state index in [0.29, 0.717) is 12.4 Å². The largest absolute Gasteiger partial charge is 0.465 e. The van der Waals surface area contributed by atoms with Crippen molar-refractivity contribution in [3.05, 3.63) is 11.4 Å². The predicted octanol–water partition coefficient (Wildman–Crippen LogP) is 1.75. The Morgan fingerprint density at radius 3 is 2.53 bits per heavy atom. The molecule has 0 bridgehead atoms. The summed E-state index contributed by atoms with van der Waals surface area (Å²) >= 11 is 0. The molecule has 0 unspecified atom stereocenters. The second-order valence-electron chi connectivity index (χ2n) is 4.12. The first kappa shape index (κ1) is 15.2. The number of hydrogen-bond donors (Lipinski definition) is 2. The Bertz CT molecular complexity index is 435. The molecule has 0 aliphatic heterocycles. The summed E-state index contributed by atoms with van der Waals surface area (Å²) in [6, 6.07) is 0. The molecule has 6 nitrogen and oxygen atoms in total. The Morgan fingerprint density at radius 2 is 1.95 bits per heavy atom. The van der Waals surface area contributed by atoms with Crippen molar-refractivity contribution in [2.45, 2.75) is 33.6 Å². The molecule has 1 rings (SSSR count). The molecule has 0 aliphatic carbocycles. The van der Waals surface area contributed by atoms with Crippen molar-refractivity contribution < 1.29 is 9.53 Å². The zero-order valence-corrected chi connectivity index (χ0v) is 12.0. The number of anilines is 2. The molecule has 0 atom stereocenters. The van der Waals surface area contributed by atoms with Gasteiger partial charge in [0.25, 0.3) is 0 Å².